The number of H-pyrrole nitrogens is 1. The summed E-state index contributed by atoms with van der Waals surface area (Å²) in [5.74, 6) is -0.0345. The summed E-state index contributed by atoms with van der Waals surface area (Å²) >= 11 is 0. The largest absolute Gasteiger partial charge is 0.508 e. The lowest BCUT2D eigenvalue weighted by atomic mass is 9.97. The predicted molar refractivity (Wildman–Crippen MR) is 98.4 cm³/mol. The minimum absolute atomic E-state index is 0.172. The summed E-state index contributed by atoms with van der Waals surface area (Å²) in [6.45, 7) is 0. The first-order valence-corrected chi connectivity index (χ1v) is 7.88. The number of nitrogens with one attached hydrogen (secondary N) is 3. The minimum atomic E-state index is -0.249. The van der Waals surface area contributed by atoms with E-state index in [-0.39, 0.29) is 17.8 Å². The zero-order valence-electron chi connectivity index (χ0n) is 13.3. The van der Waals surface area contributed by atoms with Crippen molar-refractivity contribution in [3.05, 3.63) is 83.2 Å². The standard InChI is InChI=1S/C19H17N5O/c20-19(21)24-18-13-6-1-2-7-15(13)23-16(14-8-9-22-17(14)18)11-4-3-5-12(25)10-11/h1-10,16,22-23,25H,(H3,20,21)/b24-18-. The van der Waals surface area contributed by atoms with E-state index in [0.29, 0.717) is 5.71 Å². The third kappa shape index (κ3) is 2.63. The van der Waals surface area contributed by atoms with E-state index in [1.165, 1.54) is 0 Å². The molecule has 0 saturated carbocycles. The summed E-state index contributed by atoms with van der Waals surface area (Å²) < 4.78 is 0. The number of rotatable bonds is 1. The molecule has 6 N–H and O–H groups in total. The second kappa shape index (κ2) is 5.83. The Hall–Kier alpha value is -3.54. The molecule has 0 spiro atoms. The number of anilines is 1. The lowest BCUT2D eigenvalue weighted by Gasteiger charge is -2.19. The smallest absolute Gasteiger partial charge is 0.213 e. The van der Waals surface area contributed by atoms with E-state index in [1.807, 2.05) is 48.7 Å². The molecule has 124 valence electrons. The number of hydrogen-bond donors (Lipinski definition) is 5. The highest BCUT2D eigenvalue weighted by molar-refractivity contribution is 6.19. The minimum Gasteiger partial charge on any atom is -0.508 e. The number of benzene rings is 2. The Bertz CT molecular complexity index is 989. The van der Waals surface area contributed by atoms with Crippen molar-refractivity contribution >= 4 is 17.4 Å². The average Bonchev–Trinajstić information content (AvgIpc) is 3.02. The van der Waals surface area contributed by atoms with Crippen LogP contribution in [0.4, 0.5) is 5.69 Å². The molecule has 0 radical (unpaired) electrons. The first-order chi connectivity index (χ1) is 12.1. The third-order valence-corrected chi connectivity index (χ3v) is 4.24. The zero-order valence-corrected chi connectivity index (χ0v) is 13.3. The van der Waals surface area contributed by atoms with Crippen molar-refractivity contribution in [3.63, 3.8) is 0 Å². The maximum absolute atomic E-state index is 9.87. The summed E-state index contributed by atoms with van der Waals surface area (Å²) in [4.78, 5) is 7.48. The summed E-state index contributed by atoms with van der Waals surface area (Å²) in [6.07, 6.45) is 1.84. The van der Waals surface area contributed by atoms with Gasteiger partial charge in [-0.05, 0) is 29.8 Å². The number of hydrogen-bond acceptors (Lipinski definition) is 3. The number of guanidine groups is 1. The number of nitrogens with two attached hydrogens (primary N) is 1. The van der Waals surface area contributed by atoms with Gasteiger partial charge in [-0.2, -0.15) is 0 Å². The number of phenols is 1. The van der Waals surface area contributed by atoms with Crippen LogP contribution in [0.15, 0.2) is 65.8 Å². The Kier molecular flexibility index (Phi) is 3.50. The molecule has 0 fully saturated rings. The van der Waals surface area contributed by atoms with Crippen molar-refractivity contribution in [2.24, 2.45) is 10.7 Å². The fourth-order valence-electron chi connectivity index (χ4n) is 3.21. The maximum Gasteiger partial charge on any atom is 0.213 e. The lowest BCUT2D eigenvalue weighted by molar-refractivity contribution is 0.474. The third-order valence-electron chi connectivity index (χ3n) is 4.24. The molecule has 2 heterocycles. The number of aromatic hydroxyl groups is 1. The van der Waals surface area contributed by atoms with E-state index in [4.69, 9.17) is 11.1 Å². The molecule has 1 unspecified atom stereocenters. The van der Waals surface area contributed by atoms with E-state index in [1.54, 1.807) is 12.1 Å². The molecule has 0 aliphatic carbocycles. The van der Waals surface area contributed by atoms with Crippen LogP contribution in [0.3, 0.4) is 0 Å². The van der Waals surface area contributed by atoms with Crippen LogP contribution in [-0.4, -0.2) is 21.8 Å². The van der Waals surface area contributed by atoms with Gasteiger partial charge in [0.2, 0.25) is 5.96 Å². The van der Waals surface area contributed by atoms with Gasteiger partial charge in [0, 0.05) is 23.0 Å². The van der Waals surface area contributed by atoms with E-state index >= 15 is 0 Å². The fraction of sp³-hybridized carbons (Fsp3) is 0.0526. The van der Waals surface area contributed by atoms with Crippen molar-refractivity contribution in [2.75, 3.05) is 5.32 Å². The zero-order chi connectivity index (χ0) is 17.4. The predicted octanol–water partition coefficient (Wildman–Crippen LogP) is 2.97. The molecule has 1 atom stereocenters. The second-order valence-corrected chi connectivity index (χ2v) is 5.87. The number of aliphatic imine (C=N–C) groups is 1. The molecule has 25 heavy (non-hydrogen) atoms. The molecule has 0 saturated heterocycles. The Morgan fingerprint density at radius 1 is 1.12 bits per heavy atom. The fourth-order valence-corrected chi connectivity index (χ4v) is 3.21. The van der Waals surface area contributed by atoms with E-state index in [2.05, 4.69) is 15.3 Å². The van der Waals surface area contributed by atoms with Gasteiger partial charge in [0.1, 0.15) is 11.5 Å². The van der Waals surface area contributed by atoms with Gasteiger partial charge < -0.3 is 21.1 Å². The highest BCUT2D eigenvalue weighted by Gasteiger charge is 2.28. The van der Waals surface area contributed by atoms with Gasteiger partial charge in [0.15, 0.2) is 0 Å². The van der Waals surface area contributed by atoms with Gasteiger partial charge in [0.05, 0.1) is 11.7 Å². The number of aromatic amines is 1. The van der Waals surface area contributed by atoms with Crippen molar-refractivity contribution < 1.29 is 5.11 Å². The summed E-state index contributed by atoms with van der Waals surface area (Å²) in [7, 11) is 0. The van der Waals surface area contributed by atoms with Crippen molar-refractivity contribution in [3.8, 4) is 5.75 Å². The Morgan fingerprint density at radius 2 is 1.96 bits per heavy atom. The molecule has 1 aromatic heterocycles. The number of para-hydroxylation sites is 1. The molecule has 2 aromatic carbocycles. The van der Waals surface area contributed by atoms with Crippen LogP contribution >= 0.6 is 0 Å². The van der Waals surface area contributed by atoms with Crippen LogP contribution in [0, 0.1) is 5.41 Å². The van der Waals surface area contributed by atoms with Gasteiger partial charge >= 0.3 is 0 Å². The first-order valence-electron chi connectivity index (χ1n) is 7.88. The molecule has 0 amide bonds. The number of nitrogens with zero attached hydrogens (tertiary/aromatic N) is 1. The maximum atomic E-state index is 9.87. The van der Waals surface area contributed by atoms with E-state index in [9.17, 15) is 5.11 Å². The van der Waals surface area contributed by atoms with Gasteiger partial charge in [-0.15, -0.1) is 0 Å². The number of phenolic OH excluding ortho intramolecular Hbond substituents is 1. The van der Waals surface area contributed by atoms with Crippen LogP contribution in [0.25, 0.3) is 0 Å². The van der Waals surface area contributed by atoms with Crippen LogP contribution in [0.2, 0.25) is 0 Å². The molecule has 0 bridgehead atoms. The van der Waals surface area contributed by atoms with E-state index < -0.39 is 0 Å². The molecule has 6 nitrogen and oxygen atoms in total. The summed E-state index contributed by atoms with van der Waals surface area (Å²) in [5, 5.41) is 21.0. The summed E-state index contributed by atoms with van der Waals surface area (Å²) in [6, 6.07) is 16.7. The van der Waals surface area contributed by atoms with Gasteiger partial charge in [-0.3, -0.25) is 5.41 Å². The Morgan fingerprint density at radius 3 is 2.76 bits per heavy atom. The van der Waals surface area contributed by atoms with E-state index in [0.717, 1.165) is 28.1 Å². The average molecular weight is 331 g/mol. The van der Waals surface area contributed by atoms with Crippen molar-refractivity contribution in [1.82, 2.24) is 4.98 Å². The molecular weight excluding hydrogens is 314 g/mol. The lowest BCUT2D eigenvalue weighted by Crippen LogP contribution is -2.14. The first kappa shape index (κ1) is 15.0. The number of fused-ring (bicyclic) bond motifs is 2. The normalized spacial score (nSPS) is 17.3. The highest BCUT2D eigenvalue weighted by Crippen LogP contribution is 2.36. The quantitative estimate of drug-likeness (QED) is 0.349. The van der Waals surface area contributed by atoms with Gasteiger partial charge in [-0.1, -0.05) is 30.3 Å². The molecular formula is C19H17N5O. The highest BCUT2D eigenvalue weighted by atomic mass is 16.3. The van der Waals surface area contributed by atoms with Crippen LogP contribution in [0.5, 0.6) is 5.75 Å². The molecule has 1 aliphatic rings. The van der Waals surface area contributed by atoms with Gasteiger partial charge in [0.25, 0.3) is 0 Å². The summed E-state index contributed by atoms with van der Waals surface area (Å²) in [5.41, 5.74) is 10.6. The van der Waals surface area contributed by atoms with Crippen LogP contribution < -0.4 is 11.1 Å². The molecule has 6 heteroatoms. The van der Waals surface area contributed by atoms with Gasteiger partial charge in [-0.25, -0.2) is 4.99 Å². The number of aromatic nitrogens is 1. The Balaban J connectivity index is 1.97. The molecule has 1 aliphatic heterocycles. The topological polar surface area (TPSA) is 110 Å². The molecule has 3 aromatic rings. The van der Waals surface area contributed by atoms with Crippen molar-refractivity contribution in [1.29, 1.82) is 5.41 Å². The Labute approximate surface area is 144 Å². The van der Waals surface area contributed by atoms with Crippen LogP contribution in [0.1, 0.15) is 28.4 Å². The molecule has 4 rings (SSSR count). The monoisotopic (exact) mass is 331 g/mol. The SMILES string of the molecule is N=C(N)/N=C1/c2ccccc2NC(c2cccc(O)c2)c2cc[nH]c21. The van der Waals surface area contributed by atoms with Crippen molar-refractivity contribution in [2.45, 2.75) is 6.04 Å². The van der Waals surface area contributed by atoms with Crippen LogP contribution in [-0.2, 0) is 0 Å². The second-order valence-electron chi connectivity index (χ2n) is 5.87.